The molecule has 0 saturated carbocycles. The maximum absolute atomic E-state index is 11.5. The van der Waals surface area contributed by atoms with Gasteiger partial charge in [-0.25, -0.2) is 0 Å². The molecule has 0 aliphatic carbocycles. The van der Waals surface area contributed by atoms with Crippen molar-refractivity contribution in [3.05, 3.63) is 41.5 Å². The Kier molecular flexibility index (Phi) is 4.57. The first kappa shape index (κ1) is 15.5. The van der Waals surface area contributed by atoms with Crippen LogP contribution in [0.1, 0.15) is 40.9 Å². The van der Waals surface area contributed by atoms with Crippen LogP contribution in [-0.2, 0) is 11.3 Å². The zero-order valence-corrected chi connectivity index (χ0v) is 13.3. The van der Waals surface area contributed by atoms with Crippen molar-refractivity contribution in [2.45, 2.75) is 25.5 Å². The summed E-state index contributed by atoms with van der Waals surface area (Å²) >= 11 is 0. The fourth-order valence-corrected chi connectivity index (χ4v) is 2.86. The van der Waals surface area contributed by atoms with E-state index in [1.165, 1.54) is 0 Å². The van der Waals surface area contributed by atoms with Crippen molar-refractivity contribution in [2.24, 2.45) is 0 Å². The van der Waals surface area contributed by atoms with Crippen molar-refractivity contribution in [1.29, 1.82) is 0 Å². The van der Waals surface area contributed by atoms with E-state index >= 15 is 0 Å². The minimum atomic E-state index is -0.239. The molecule has 122 valence electrons. The molecule has 1 unspecified atom stereocenters. The highest BCUT2D eigenvalue weighted by Gasteiger charge is 2.30. The first-order chi connectivity index (χ1) is 11.2. The Hall–Kier alpha value is -2.41. The normalized spacial score (nSPS) is 17.5. The summed E-state index contributed by atoms with van der Waals surface area (Å²) in [4.78, 5) is 13.7. The number of methoxy groups -OCH3 is 1. The molecule has 0 spiro atoms. The molecule has 0 bridgehead atoms. The fraction of sp³-hybridized carbons (Fsp3) is 0.438. The van der Waals surface area contributed by atoms with Crippen molar-refractivity contribution < 1.29 is 13.9 Å². The molecule has 7 nitrogen and oxygen atoms in total. The number of ether oxygens (including phenoxy) is 1. The predicted molar refractivity (Wildman–Crippen MR) is 84.2 cm³/mol. The van der Waals surface area contributed by atoms with E-state index < -0.39 is 0 Å². The monoisotopic (exact) mass is 316 g/mol. The van der Waals surface area contributed by atoms with Gasteiger partial charge in [0.2, 0.25) is 0 Å². The second-order valence-electron chi connectivity index (χ2n) is 5.44. The van der Waals surface area contributed by atoms with E-state index in [9.17, 15) is 4.79 Å². The zero-order valence-electron chi connectivity index (χ0n) is 13.3. The first-order valence-electron chi connectivity index (χ1n) is 7.63. The Bertz CT molecular complexity index is 668. The zero-order chi connectivity index (χ0) is 16.2. The van der Waals surface area contributed by atoms with Crippen LogP contribution in [0.15, 0.2) is 28.7 Å². The van der Waals surface area contributed by atoms with Gasteiger partial charge in [0.1, 0.15) is 18.1 Å². The lowest BCUT2D eigenvalue weighted by Crippen LogP contribution is -2.25. The standard InChI is InChI=1S/C16H20N4O3/c1-17-16(21)12-6-8-15(19-18-12)20-9-3-4-13(20)14-7-5-11(23-14)10-22-2/h5-8,13H,3-4,9-10H2,1-2H3,(H,17,21). The topological polar surface area (TPSA) is 80.5 Å². The summed E-state index contributed by atoms with van der Waals surface area (Å²) in [7, 11) is 3.22. The van der Waals surface area contributed by atoms with E-state index in [0.29, 0.717) is 12.3 Å². The van der Waals surface area contributed by atoms with Gasteiger partial charge in [0, 0.05) is 20.7 Å². The van der Waals surface area contributed by atoms with Crippen LogP contribution in [0.2, 0.25) is 0 Å². The SMILES string of the molecule is CNC(=O)c1ccc(N2CCCC2c2ccc(COC)o2)nn1. The van der Waals surface area contributed by atoms with Crippen molar-refractivity contribution in [3.8, 4) is 0 Å². The molecule has 1 aliphatic heterocycles. The third kappa shape index (κ3) is 3.19. The van der Waals surface area contributed by atoms with Gasteiger partial charge in [0.25, 0.3) is 5.91 Å². The number of nitrogens with zero attached hydrogens (tertiary/aromatic N) is 3. The number of rotatable bonds is 5. The van der Waals surface area contributed by atoms with Crippen LogP contribution in [0.3, 0.4) is 0 Å². The van der Waals surface area contributed by atoms with Crippen LogP contribution < -0.4 is 10.2 Å². The summed E-state index contributed by atoms with van der Waals surface area (Å²) in [6.45, 7) is 1.35. The molecule has 2 aromatic heterocycles. The van der Waals surface area contributed by atoms with E-state index in [1.807, 2.05) is 18.2 Å². The molecule has 1 N–H and O–H groups in total. The lowest BCUT2D eigenvalue weighted by atomic mass is 10.1. The number of carbonyl (C=O) groups is 1. The molecule has 7 heteroatoms. The average Bonchev–Trinajstić information content (AvgIpc) is 3.23. The van der Waals surface area contributed by atoms with Gasteiger partial charge in [-0.2, -0.15) is 0 Å². The molecule has 0 radical (unpaired) electrons. The Balaban J connectivity index is 1.79. The fourth-order valence-electron chi connectivity index (χ4n) is 2.86. The Morgan fingerprint density at radius 3 is 2.96 bits per heavy atom. The van der Waals surface area contributed by atoms with Crippen LogP contribution in [0.5, 0.6) is 0 Å². The smallest absolute Gasteiger partial charge is 0.271 e. The number of anilines is 1. The van der Waals surface area contributed by atoms with Gasteiger partial charge < -0.3 is 19.4 Å². The van der Waals surface area contributed by atoms with E-state index in [2.05, 4.69) is 20.4 Å². The Morgan fingerprint density at radius 1 is 1.39 bits per heavy atom. The molecule has 2 aromatic rings. The Morgan fingerprint density at radius 2 is 2.26 bits per heavy atom. The summed E-state index contributed by atoms with van der Waals surface area (Å²) < 4.78 is 11.0. The highest BCUT2D eigenvalue weighted by atomic mass is 16.5. The highest BCUT2D eigenvalue weighted by Crippen LogP contribution is 2.35. The minimum Gasteiger partial charge on any atom is -0.461 e. The van der Waals surface area contributed by atoms with Crippen molar-refractivity contribution in [2.75, 3.05) is 25.6 Å². The second kappa shape index (κ2) is 6.78. The minimum absolute atomic E-state index is 0.140. The van der Waals surface area contributed by atoms with Crippen LogP contribution in [0, 0.1) is 0 Å². The summed E-state index contributed by atoms with van der Waals surface area (Å²) in [5.74, 6) is 2.24. The predicted octanol–water partition coefficient (Wildman–Crippen LogP) is 1.92. The third-order valence-corrected chi connectivity index (χ3v) is 3.95. The van der Waals surface area contributed by atoms with Gasteiger partial charge in [0.05, 0.1) is 6.04 Å². The molecule has 23 heavy (non-hydrogen) atoms. The van der Waals surface area contributed by atoms with E-state index in [1.54, 1.807) is 20.2 Å². The molecule has 1 amide bonds. The second-order valence-corrected chi connectivity index (χ2v) is 5.44. The van der Waals surface area contributed by atoms with Crippen molar-refractivity contribution in [1.82, 2.24) is 15.5 Å². The molecule has 3 heterocycles. The van der Waals surface area contributed by atoms with Gasteiger partial charge in [-0.15, -0.1) is 10.2 Å². The quantitative estimate of drug-likeness (QED) is 0.907. The van der Waals surface area contributed by atoms with Crippen LogP contribution in [0.4, 0.5) is 5.82 Å². The number of hydrogen-bond acceptors (Lipinski definition) is 6. The number of amides is 1. The van der Waals surface area contributed by atoms with E-state index in [-0.39, 0.29) is 11.9 Å². The van der Waals surface area contributed by atoms with Gasteiger partial charge in [-0.1, -0.05) is 0 Å². The van der Waals surface area contributed by atoms with Gasteiger partial charge in [-0.3, -0.25) is 4.79 Å². The van der Waals surface area contributed by atoms with Crippen LogP contribution in [-0.4, -0.2) is 36.8 Å². The third-order valence-electron chi connectivity index (χ3n) is 3.95. The van der Waals surface area contributed by atoms with Gasteiger partial charge in [-0.05, 0) is 37.1 Å². The van der Waals surface area contributed by atoms with Crippen LogP contribution in [0.25, 0.3) is 0 Å². The largest absolute Gasteiger partial charge is 0.461 e. The maximum atomic E-state index is 11.5. The lowest BCUT2D eigenvalue weighted by Gasteiger charge is -2.23. The molecular weight excluding hydrogens is 296 g/mol. The lowest BCUT2D eigenvalue weighted by molar-refractivity contribution is 0.0957. The highest BCUT2D eigenvalue weighted by molar-refractivity contribution is 5.91. The molecule has 3 rings (SSSR count). The summed E-state index contributed by atoms with van der Waals surface area (Å²) in [5, 5.41) is 10.7. The molecule has 1 fully saturated rings. The van der Waals surface area contributed by atoms with Gasteiger partial charge in [0.15, 0.2) is 11.5 Å². The molecular formula is C16H20N4O3. The van der Waals surface area contributed by atoms with Crippen molar-refractivity contribution in [3.63, 3.8) is 0 Å². The van der Waals surface area contributed by atoms with E-state index in [0.717, 1.165) is 36.7 Å². The van der Waals surface area contributed by atoms with Crippen LogP contribution >= 0.6 is 0 Å². The molecule has 0 aromatic carbocycles. The van der Waals surface area contributed by atoms with Crippen molar-refractivity contribution >= 4 is 11.7 Å². The molecule has 1 saturated heterocycles. The molecule has 1 aliphatic rings. The summed E-state index contributed by atoms with van der Waals surface area (Å²) in [6.07, 6.45) is 2.06. The number of furan rings is 1. The molecule has 1 atom stereocenters. The first-order valence-corrected chi connectivity index (χ1v) is 7.63. The number of nitrogens with one attached hydrogen (secondary N) is 1. The maximum Gasteiger partial charge on any atom is 0.271 e. The Labute approximate surface area is 134 Å². The summed E-state index contributed by atoms with van der Waals surface area (Å²) in [5.41, 5.74) is 0.312. The number of aromatic nitrogens is 2. The summed E-state index contributed by atoms with van der Waals surface area (Å²) in [6, 6.07) is 7.59. The number of carbonyl (C=O) groups excluding carboxylic acids is 1. The van der Waals surface area contributed by atoms with E-state index in [4.69, 9.17) is 9.15 Å². The average molecular weight is 316 g/mol. The van der Waals surface area contributed by atoms with Gasteiger partial charge >= 0.3 is 0 Å². The number of hydrogen-bond donors (Lipinski definition) is 1.